The molecule has 88 valence electrons. The smallest absolute Gasteiger partial charge is 0.0732 e. The Balaban J connectivity index is 2.52. The highest BCUT2D eigenvalue weighted by atomic mass is 35.5. The van der Waals surface area contributed by atoms with Crippen LogP contribution in [0.5, 0.6) is 0 Å². The lowest BCUT2D eigenvalue weighted by Gasteiger charge is -2.07. The van der Waals surface area contributed by atoms with Gasteiger partial charge in [-0.2, -0.15) is 0 Å². The van der Waals surface area contributed by atoms with Gasteiger partial charge in [0.1, 0.15) is 0 Å². The number of rotatable bonds is 2. The van der Waals surface area contributed by atoms with Crippen LogP contribution in [0.1, 0.15) is 5.56 Å². The first kappa shape index (κ1) is 12.7. The average Bonchev–Trinajstić information content (AvgIpc) is 2.28. The molecular weight excluding hydrogens is 280 g/mol. The highest BCUT2D eigenvalue weighted by Gasteiger charge is 2.11. The molecule has 17 heavy (non-hydrogen) atoms. The molecule has 0 atom stereocenters. The topological polar surface area (TPSA) is 33.1 Å². The SMILES string of the molecule is OCc1ccc(-c2c(Cl)cc(Cl)cc2Cl)nc1. The first-order valence-corrected chi connectivity index (χ1v) is 5.96. The van der Waals surface area contributed by atoms with Crippen molar-refractivity contribution in [1.82, 2.24) is 4.98 Å². The van der Waals surface area contributed by atoms with Gasteiger partial charge in [0, 0.05) is 16.8 Å². The fourth-order valence-electron chi connectivity index (χ4n) is 1.45. The summed E-state index contributed by atoms with van der Waals surface area (Å²) in [5, 5.41) is 10.3. The monoisotopic (exact) mass is 287 g/mol. The van der Waals surface area contributed by atoms with E-state index in [-0.39, 0.29) is 6.61 Å². The van der Waals surface area contributed by atoms with Gasteiger partial charge in [-0.3, -0.25) is 4.98 Å². The van der Waals surface area contributed by atoms with E-state index in [1.807, 2.05) is 0 Å². The molecule has 1 N–H and O–H groups in total. The number of pyridine rings is 1. The maximum atomic E-state index is 8.94. The molecule has 1 aromatic carbocycles. The summed E-state index contributed by atoms with van der Waals surface area (Å²) in [6.45, 7) is -0.0463. The molecule has 1 heterocycles. The van der Waals surface area contributed by atoms with Gasteiger partial charge < -0.3 is 5.11 Å². The molecular formula is C12H8Cl3NO. The molecule has 0 saturated heterocycles. The summed E-state index contributed by atoms with van der Waals surface area (Å²) in [6, 6.07) is 6.76. The zero-order valence-corrected chi connectivity index (χ0v) is 10.9. The van der Waals surface area contributed by atoms with Crippen molar-refractivity contribution >= 4 is 34.8 Å². The van der Waals surface area contributed by atoms with E-state index in [0.29, 0.717) is 26.3 Å². The largest absolute Gasteiger partial charge is 0.392 e. The van der Waals surface area contributed by atoms with E-state index < -0.39 is 0 Å². The summed E-state index contributed by atoms with van der Waals surface area (Å²) in [5.74, 6) is 0. The summed E-state index contributed by atoms with van der Waals surface area (Å²) in [5.41, 5.74) is 2.02. The fourth-order valence-corrected chi connectivity index (χ4v) is 2.46. The number of halogens is 3. The van der Waals surface area contributed by atoms with Gasteiger partial charge in [-0.25, -0.2) is 0 Å². The lowest BCUT2D eigenvalue weighted by Crippen LogP contribution is -1.89. The van der Waals surface area contributed by atoms with Crippen molar-refractivity contribution in [1.29, 1.82) is 0 Å². The molecule has 0 saturated carbocycles. The Morgan fingerprint density at radius 1 is 1.06 bits per heavy atom. The maximum absolute atomic E-state index is 8.94. The van der Waals surface area contributed by atoms with Crippen LogP contribution < -0.4 is 0 Å². The summed E-state index contributed by atoms with van der Waals surface area (Å²) < 4.78 is 0. The van der Waals surface area contributed by atoms with Crippen molar-refractivity contribution in [2.75, 3.05) is 0 Å². The van der Waals surface area contributed by atoms with E-state index in [4.69, 9.17) is 39.9 Å². The summed E-state index contributed by atoms with van der Waals surface area (Å²) in [4.78, 5) is 4.20. The summed E-state index contributed by atoms with van der Waals surface area (Å²) in [6.07, 6.45) is 1.58. The van der Waals surface area contributed by atoms with Crippen LogP contribution in [-0.4, -0.2) is 10.1 Å². The second kappa shape index (κ2) is 5.23. The molecule has 1 aromatic heterocycles. The minimum atomic E-state index is -0.0463. The molecule has 5 heteroatoms. The molecule has 0 unspecified atom stereocenters. The minimum absolute atomic E-state index is 0.0463. The third-order valence-corrected chi connectivity index (χ3v) is 3.08. The van der Waals surface area contributed by atoms with Crippen molar-refractivity contribution in [2.24, 2.45) is 0 Å². The van der Waals surface area contributed by atoms with Gasteiger partial charge in [0.2, 0.25) is 0 Å². The number of aliphatic hydroxyl groups excluding tert-OH is 1. The van der Waals surface area contributed by atoms with Gasteiger partial charge in [-0.1, -0.05) is 40.9 Å². The van der Waals surface area contributed by atoms with Gasteiger partial charge in [-0.05, 0) is 23.8 Å². The Morgan fingerprint density at radius 2 is 1.71 bits per heavy atom. The van der Waals surface area contributed by atoms with E-state index in [2.05, 4.69) is 4.98 Å². The van der Waals surface area contributed by atoms with Crippen LogP contribution in [0, 0.1) is 0 Å². The molecule has 2 rings (SSSR count). The van der Waals surface area contributed by atoms with Crippen LogP contribution in [0.4, 0.5) is 0 Å². The van der Waals surface area contributed by atoms with Crippen LogP contribution in [0.2, 0.25) is 15.1 Å². The third kappa shape index (κ3) is 2.72. The highest BCUT2D eigenvalue weighted by molar-refractivity contribution is 6.41. The zero-order valence-electron chi connectivity index (χ0n) is 8.62. The molecule has 0 aliphatic heterocycles. The molecule has 2 aromatic rings. The number of aliphatic hydroxyl groups is 1. The number of hydrogen-bond acceptors (Lipinski definition) is 2. The number of nitrogens with zero attached hydrogens (tertiary/aromatic N) is 1. The Hall–Kier alpha value is -0.800. The Kier molecular flexibility index (Phi) is 3.89. The Bertz CT molecular complexity index is 517. The standard InChI is InChI=1S/C12H8Cl3NO/c13-8-3-9(14)12(10(15)4-8)11-2-1-7(6-17)5-16-11/h1-5,17H,6H2. The Labute approximate surface area is 114 Å². The van der Waals surface area contributed by atoms with E-state index in [9.17, 15) is 0 Å². The van der Waals surface area contributed by atoms with Gasteiger partial charge in [0.25, 0.3) is 0 Å². The lowest BCUT2D eigenvalue weighted by molar-refractivity contribution is 0.281. The van der Waals surface area contributed by atoms with Gasteiger partial charge in [0.15, 0.2) is 0 Å². The van der Waals surface area contributed by atoms with Crippen molar-refractivity contribution < 1.29 is 5.11 Å². The van der Waals surface area contributed by atoms with Crippen molar-refractivity contribution in [3.8, 4) is 11.3 Å². The first-order chi connectivity index (χ1) is 8.11. The fraction of sp³-hybridized carbons (Fsp3) is 0.0833. The average molecular weight is 289 g/mol. The van der Waals surface area contributed by atoms with E-state index in [1.54, 1.807) is 30.5 Å². The molecule has 0 amide bonds. The Morgan fingerprint density at radius 3 is 2.18 bits per heavy atom. The van der Waals surface area contributed by atoms with Crippen LogP contribution >= 0.6 is 34.8 Å². The van der Waals surface area contributed by atoms with Crippen molar-refractivity contribution in [3.63, 3.8) is 0 Å². The van der Waals surface area contributed by atoms with Crippen LogP contribution in [-0.2, 0) is 6.61 Å². The molecule has 0 radical (unpaired) electrons. The molecule has 0 spiro atoms. The third-order valence-electron chi connectivity index (χ3n) is 2.27. The molecule has 0 fully saturated rings. The molecule has 0 bridgehead atoms. The van der Waals surface area contributed by atoms with E-state index in [0.717, 1.165) is 5.56 Å². The van der Waals surface area contributed by atoms with E-state index >= 15 is 0 Å². The van der Waals surface area contributed by atoms with Crippen LogP contribution in [0.15, 0.2) is 30.5 Å². The predicted molar refractivity (Wildman–Crippen MR) is 70.6 cm³/mol. The van der Waals surface area contributed by atoms with E-state index in [1.165, 1.54) is 0 Å². The van der Waals surface area contributed by atoms with Crippen molar-refractivity contribution in [2.45, 2.75) is 6.61 Å². The summed E-state index contributed by atoms with van der Waals surface area (Å²) >= 11 is 18.0. The number of hydrogen-bond donors (Lipinski definition) is 1. The van der Waals surface area contributed by atoms with Crippen molar-refractivity contribution in [3.05, 3.63) is 51.1 Å². The van der Waals surface area contributed by atoms with Gasteiger partial charge in [-0.15, -0.1) is 0 Å². The van der Waals surface area contributed by atoms with Crippen LogP contribution in [0.25, 0.3) is 11.3 Å². The second-order valence-corrected chi connectivity index (χ2v) is 4.71. The minimum Gasteiger partial charge on any atom is -0.392 e. The first-order valence-electron chi connectivity index (χ1n) is 4.82. The normalized spacial score (nSPS) is 10.6. The number of benzene rings is 1. The molecule has 2 nitrogen and oxygen atoms in total. The number of aromatic nitrogens is 1. The van der Waals surface area contributed by atoms with Gasteiger partial charge >= 0.3 is 0 Å². The lowest BCUT2D eigenvalue weighted by atomic mass is 10.1. The maximum Gasteiger partial charge on any atom is 0.0732 e. The predicted octanol–water partition coefficient (Wildman–Crippen LogP) is 4.20. The highest BCUT2D eigenvalue weighted by Crippen LogP contribution is 2.36. The molecule has 0 aliphatic carbocycles. The quantitative estimate of drug-likeness (QED) is 0.898. The van der Waals surface area contributed by atoms with Crippen LogP contribution in [0.3, 0.4) is 0 Å². The van der Waals surface area contributed by atoms with Gasteiger partial charge in [0.05, 0.1) is 22.3 Å². The molecule has 0 aliphatic rings. The second-order valence-electron chi connectivity index (χ2n) is 3.45. The zero-order chi connectivity index (χ0) is 12.4. The summed E-state index contributed by atoms with van der Waals surface area (Å²) in [7, 11) is 0.